The first-order chi connectivity index (χ1) is 11.2. The Kier molecular flexibility index (Phi) is 4.58. The van der Waals surface area contributed by atoms with Crippen LogP contribution >= 0.6 is 0 Å². The van der Waals surface area contributed by atoms with Crippen molar-refractivity contribution >= 4 is 0 Å². The second-order valence-corrected chi connectivity index (χ2v) is 5.97. The first kappa shape index (κ1) is 15.5. The Morgan fingerprint density at radius 2 is 2.26 bits per heavy atom. The third-order valence-electron chi connectivity index (χ3n) is 4.51. The van der Waals surface area contributed by atoms with Gasteiger partial charge in [-0.3, -0.25) is 9.47 Å². The molecule has 23 heavy (non-hydrogen) atoms. The van der Waals surface area contributed by atoms with Gasteiger partial charge in [-0.1, -0.05) is 18.2 Å². The van der Waals surface area contributed by atoms with Gasteiger partial charge >= 0.3 is 5.69 Å². The quantitative estimate of drug-likeness (QED) is 0.934. The van der Waals surface area contributed by atoms with E-state index in [0.717, 1.165) is 49.4 Å². The van der Waals surface area contributed by atoms with Crippen LogP contribution in [-0.2, 0) is 13.1 Å². The number of aromatic nitrogens is 3. The molecule has 0 bridgehead atoms. The molecule has 1 fully saturated rings. The average molecular weight is 311 g/mol. The van der Waals surface area contributed by atoms with Crippen LogP contribution in [0.1, 0.15) is 42.6 Å². The molecule has 0 amide bonds. The van der Waals surface area contributed by atoms with Crippen molar-refractivity contribution in [1.82, 2.24) is 19.7 Å². The average Bonchev–Trinajstić information content (AvgIpc) is 2.96. The van der Waals surface area contributed by atoms with Crippen molar-refractivity contribution < 1.29 is 0 Å². The molecule has 1 saturated heterocycles. The molecule has 6 heteroatoms. The first-order valence-electron chi connectivity index (χ1n) is 8.08. The fraction of sp³-hybridized carbons (Fsp3) is 0.471. The topological polar surface area (TPSA) is 77.7 Å². The van der Waals surface area contributed by atoms with Gasteiger partial charge in [0.2, 0.25) is 0 Å². The van der Waals surface area contributed by atoms with Crippen LogP contribution in [-0.4, -0.2) is 32.8 Å². The van der Waals surface area contributed by atoms with Crippen molar-refractivity contribution in [2.75, 3.05) is 13.1 Å². The SMILES string of the molecule is CCn1c([C@H]2CCCN(Cc3ccccc3C#N)C2)n[nH]c1=O. The Bertz CT molecular complexity index is 770. The van der Waals surface area contributed by atoms with Gasteiger partial charge in [-0.05, 0) is 37.9 Å². The van der Waals surface area contributed by atoms with E-state index in [9.17, 15) is 10.1 Å². The molecule has 1 N–H and O–H groups in total. The number of nitrogens with zero attached hydrogens (tertiary/aromatic N) is 4. The zero-order valence-corrected chi connectivity index (χ0v) is 13.3. The summed E-state index contributed by atoms with van der Waals surface area (Å²) in [6.07, 6.45) is 2.12. The van der Waals surface area contributed by atoms with E-state index in [-0.39, 0.29) is 11.6 Å². The summed E-state index contributed by atoms with van der Waals surface area (Å²) in [5.74, 6) is 1.12. The van der Waals surface area contributed by atoms with E-state index < -0.39 is 0 Å². The molecule has 0 aliphatic carbocycles. The van der Waals surface area contributed by atoms with Gasteiger partial charge in [0.05, 0.1) is 11.6 Å². The number of rotatable bonds is 4. The first-order valence-corrected chi connectivity index (χ1v) is 8.08. The predicted molar refractivity (Wildman–Crippen MR) is 86.9 cm³/mol. The van der Waals surface area contributed by atoms with Gasteiger partial charge in [0.15, 0.2) is 0 Å². The van der Waals surface area contributed by atoms with Crippen molar-refractivity contribution in [3.05, 3.63) is 51.7 Å². The summed E-state index contributed by atoms with van der Waals surface area (Å²) in [7, 11) is 0. The van der Waals surface area contributed by atoms with Crippen molar-refractivity contribution in [2.24, 2.45) is 0 Å². The number of nitriles is 1. The predicted octanol–water partition coefficient (Wildman–Crippen LogP) is 1.84. The number of aromatic amines is 1. The maximum atomic E-state index is 11.8. The van der Waals surface area contributed by atoms with Gasteiger partial charge in [0.25, 0.3) is 0 Å². The number of hydrogen-bond donors (Lipinski definition) is 1. The van der Waals surface area contributed by atoms with E-state index in [1.165, 1.54) is 0 Å². The Balaban J connectivity index is 1.76. The molecule has 2 heterocycles. The standard InChI is InChI=1S/C17H21N5O/c1-2-22-16(19-20-17(22)23)15-8-5-9-21(12-15)11-14-7-4-3-6-13(14)10-18/h3-4,6-7,15H,2,5,8-9,11-12H2,1H3,(H,20,23)/t15-/m0/s1. The number of benzene rings is 1. The highest BCUT2D eigenvalue weighted by molar-refractivity contribution is 5.37. The molecular formula is C17H21N5O. The number of likely N-dealkylation sites (tertiary alicyclic amines) is 1. The van der Waals surface area contributed by atoms with Gasteiger partial charge in [0, 0.05) is 25.6 Å². The van der Waals surface area contributed by atoms with Crippen LogP contribution in [0.3, 0.4) is 0 Å². The highest BCUT2D eigenvalue weighted by atomic mass is 16.1. The summed E-state index contributed by atoms with van der Waals surface area (Å²) in [6, 6.07) is 10.00. The second-order valence-electron chi connectivity index (χ2n) is 5.97. The lowest BCUT2D eigenvalue weighted by Gasteiger charge is -2.32. The summed E-state index contributed by atoms with van der Waals surface area (Å²) < 4.78 is 1.72. The van der Waals surface area contributed by atoms with Gasteiger partial charge in [-0.25, -0.2) is 9.89 Å². The highest BCUT2D eigenvalue weighted by Crippen LogP contribution is 2.26. The molecule has 3 rings (SSSR count). The molecule has 1 aliphatic heterocycles. The maximum Gasteiger partial charge on any atom is 0.343 e. The minimum Gasteiger partial charge on any atom is -0.298 e. The largest absolute Gasteiger partial charge is 0.343 e. The van der Waals surface area contributed by atoms with Gasteiger partial charge in [0.1, 0.15) is 5.82 Å². The van der Waals surface area contributed by atoms with Crippen molar-refractivity contribution in [3.63, 3.8) is 0 Å². The summed E-state index contributed by atoms with van der Waals surface area (Å²) >= 11 is 0. The monoisotopic (exact) mass is 311 g/mol. The van der Waals surface area contributed by atoms with Gasteiger partial charge in [-0.2, -0.15) is 10.4 Å². The van der Waals surface area contributed by atoms with E-state index in [1.54, 1.807) is 4.57 Å². The highest BCUT2D eigenvalue weighted by Gasteiger charge is 2.26. The zero-order chi connectivity index (χ0) is 16.2. The molecule has 1 aromatic heterocycles. The van der Waals surface area contributed by atoms with Crippen molar-refractivity contribution in [2.45, 2.75) is 38.8 Å². The summed E-state index contributed by atoms with van der Waals surface area (Å²) in [4.78, 5) is 14.1. The third kappa shape index (κ3) is 3.20. The zero-order valence-electron chi connectivity index (χ0n) is 13.3. The normalized spacial score (nSPS) is 18.7. The lowest BCUT2D eigenvalue weighted by atomic mass is 9.96. The van der Waals surface area contributed by atoms with Crippen molar-refractivity contribution in [1.29, 1.82) is 5.26 Å². The summed E-state index contributed by atoms with van der Waals surface area (Å²) in [5, 5.41) is 16.0. The van der Waals surface area contributed by atoms with Crippen LogP contribution in [0, 0.1) is 11.3 Å². The number of piperidine rings is 1. The fourth-order valence-corrected chi connectivity index (χ4v) is 3.37. The molecular weight excluding hydrogens is 290 g/mol. The van der Waals surface area contributed by atoms with E-state index >= 15 is 0 Å². The summed E-state index contributed by atoms with van der Waals surface area (Å²) in [5.41, 5.74) is 1.67. The number of hydrogen-bond acceptors (Lipinski definition) is 4. The molecule has 1 aliphatic rings. The number of nitrogens with one attached hydrogen (secondary N) is 1. The van der Waals surface area contributed by atoms with E-state index in [0.29, 0.717) is 6.54 Å². The van der Waals surface area contributed by atoms with E-state index in [1.807, 2.05) is 31.2 Å². The molecule has 1 aromatic carbocycles. The molecule has 0 spiro atoms. The molecule has 0 unspecified atom stereocenters. The van der Waals surface area contributed by atoms with Gasteiger partial charge < -0.3 is 0 Å². The molecule has 0 radical (unpaired) electrons. The van der Waals surface area contributed by atoms with Crippen LogP contribution < -0.4 is 5.69 Å². The molecule has 2 aromatic rings. The molecule has 1 atom stereocenters. The fourth-order valence-electron chi connectivity index (χ4n) is 3.37. The van der Waals surface area contributed by atoms with Crippen LogP contribution in [0.4, 0.5) is 0 Å². The van der Waals surface area contributed by atoms with Crippen LogP contribution in [0.2, 0.25) is 0 Å². The Labute approximate surface area is 135 Å². The van der Waals surface area contributed by atoms with Crippen molar-refractivity contribution in [3.8, 4) is 6.07 Å². The third-order valence-corrected chi connectivity index (χ3v) is 4.51. The second kappa shape index (κ2) is 6.80. The molecule has 120 valence electrons. The van der Waals surface area contributed by atoms with Gasteiger partial charge in [-0.15, -0.1) is 0 Å². The Morgan fingerprint density at radius 3 is 3.04 bits per heavy atom. The lowest BCUT2D eigenvalue weighted by molar-refractivity contribution is 0.194. The van der Waals surface area contributed by atoms with Crippen LogP contribution in [0.25, 0.3) is 0 Å². The minimum atomic E-state index is -0.130. The lowest BCUT2D eigenvalue weighted by Crippen LogP contribution is -2.35. The smallest absolute Gasteiger partial charge is 0.298 e. The van der Waals surface area contributed by atoms with E-state index in [4.69, 9.17) is 0 Å². The Hall–Kier alpha value is -2.39. The van der Waals surface area contributed by atoms with Crippen LogP contribution in [0.5, 0.6) is 0 Å². The number of H-pyrrole nitrogens is 1. The van der Waals surface area contributed by atoms with Crippen LogP contribution in [0.15, 0.2) is 29.1 Å². The Morgan fingerprint density at radius 1 is 1.43 bits per heavy atom. The summed E-state index contributed by atoms with van der Waals surface area (Å²) in [6.45, 7) is 5.24. The minimum absolute atomic E-state index is 0.130. The maximum absolute atomic E-state index is 11.8. The van der Waals surface area contributed by atoms with E-state index in [2.05, 4.69) is 21.2 Å². The molecule has 6 nitrogen and oxygen atoms in total. The molecule has 0 saturated carbocycles.